The minimum Gasteiger partial charge on any atom is -0.511 e. The van der Waals surface area contributed by atoms with E-state index in [0.29, 0.717) is 19.6 Å². The Morgan fingerprint density at radius 2 is 1.96 bits per heavy atom. The first-order valence-electron chi connectivity index (χ1n) is 8.65. The van der Waals surface area contributed by atoms with Gasteiger partial charge in [-0.2, -0.15) is 0 Å². The molecule has 0 saturated carbocycles. The maximum absolute atomic E-state index is 11.2. The second kappa shape index (κ2) is 13.3. The van der Waals surface area contributed by atoms with Gasteiger partial charge in [0.1, 0.15) is 11.8 Å². The highest BCUT2D eigenvalue weighted by atomic mass is 16.4. The average Bonchev–Trinajstić information content (AvgIpc) is 2.52. The van der Waals surface area contributed by atoms with Gasteiger partial charge >= 0.3 is 5.97 Å². The van der Waals surface area contributed by atoms with Gasteiger partial charge in [-0.1, -0.05) is 33.1 Å². The molecule has 0 aromatic carbocycles. The first-order chi connectivity index (χ1) is 10.9. The summed E-state index contributed by atoms with van der Waals surface area (Å²) in [6, 6.07) is -0.668. The molecule has 0 aliphatic carbocycles. The van der Waals surface area contributed by atoms with Crippen LogP contribution in [0.2, 0.25) is 0 Å². The number of allylic oxidation sites excluding steroid dienone is 1. The molecule has 0 radical (unpaired) electrons. The average molecular weight is 330 g/mol. The Morgan fingerprint density at radius 1 is 1.26 bits per heavy atom. The van der Waals surface area contributed by atoms with Crippen LogP contribution in [0.4, 0.5) is 0 Å². The van der Waals surface area contributed by atoms with E-state index in [9.17, 15) is 20.1 Å². The van der Waals surface area contributed by atoms with Crippen molar-refractivity contribution in [2.24, 2.45) is 0 Å². The summed E-state index contributed by atoms with van der Waals surface area (Å²) in [4.78, 5) is 12.9. The van der Waals surface area contributed by atoms with E-state index in [1.165, 1.54) is 0 Å². The molecular weight excluding hydrogens is 296 g/mol. The lowest BCUT2D eigenvalue weighted by atomic mass is 10.1. The Hall–Kier alpha value is -1.11. The Morgan fingerprint density at radius 3 is 2.52 bits per heavy atom. The first-order valence-corrected chi connectivity index (χ1v) is 8.65. The zero-order valence-corrected chi connectivity index (χ0v) is 14.8. The molecule has 0 bridgehead atoms. The summed E-state index contributed by atoms with van der Waals surface area (Å²) >= 11 is 0. The molecular formula is C17H34N2O4. The fraction of sp³-hybridized carbons (Fsp3) is 0.824. The van der Waals surface area contributed by atoms with Gasteiger partial charge in [0.2, 0.25) is 0 Å². The van der Waals surface area contributed by atoms with Gasteiger partial charge in [-0.05, 0) is 25.8 Å². The molecule has 136 valence electrons. The summed E-state index contributed by atoms with van der Waals surface area (Å²) < 4.78 is 0. The number of nitrogens with one attached hydrogen (secondary N) is 1. The van der Waals surface area contributed by atoms with Crippen molar-refractivity contribution in [3.05, 3.63) is 11.8 Å². The van der Waals surface area contributed by atoms with Gasteiger partial charge < -0.3 is 20.6 Å². The highest BCUT2D eigenvalue weighted by Gasteiger charge is 2.21. The SMILES string of the molecule is CCC/C=C(\O)CN(CCNCC(O)CCCC)C(C)C(=O)O. The van der Waals surface area contributed by atoms with E-state index in [4.69, 9.17) is 0 Å². The maximum Gasteiger partial charge on any atom is 0.320 e. The molecule has 0 aromatic rings. The summed E-state index contributed by atoms with van der Waals surface area (Å²) in [5.41, 5.74) is 0. The van der Waals surface area contributed by atoms with Gasteiger partial charge in [-0.15, -0.1) is 0 Å². The van der Waals surface area contributed by atoms with Crippen LogP contribution in [0, 0.1) is 0 Å². The van der Waals surface area contributed by atoms with Crippen molar-refractivity contribution in [1.82, 2.24) is 10.2 Å². The van der Waals surface area contributed by atoms with Crippen LogP contribution >= 0.6 is 0 Å². The topological polar surface area (TPSA) is 93.0 Å². The van der Waals surface area contributed by atoms with Crippen molar-refractivity contribution in [2.75, 3.05) is 26.2 Å². The third-order valence-corrected chi connectivity index (χ3v) is 3.79. The number of carboxylic acids is 1. The van der Waals surface area contributed by atoms with Crippen LogP contribution in [0.15, 0.2) is 11.8 Å². The number of carbonyl (C=O) groups is 1. The zero-order chi connectivity index (χ0) is 17.7. The van der Waals surface area contributed by atoms with Crippen LogP contribution in [0.1, 0.15) is 52.9 Å². The third-order valence-electron chi connectivity index (χ3n) is 3.79. The molecule has 0 aromatic heterocycles. The van der Waals surface area contributed by atoms with Gasteiger partial charge in [-0.25, -0.2) is 0 Å². The van der Waals surface area contributed by atoms with Crippen LogP contribution in [0.3, 0.4) is 0 Å². The molecule has 0 spiro atoms. The number of hydrogen-bond donors (Lipinski definition) is 4. The number of aliphatic carboxylic acids is 1. The predicted octanol–water partition coefficient (Wildman–Crippen LogP) is 2.14. The number of rotatable bonds is 14. The predicted molar refractivity (Wildman–Crippen MR) is 92.7 cm³/mol. The number of aliphatic hydroxyl groups excluding tert-OH is 2. The molecule has 0 saturated heterocycles. The molecule has 0 aliphatic rings. The summed E-state index contributed by atoms with van der Waals surface area (Å²) in [5, 5.41) is 32.0. The summed E-state index contributed by atoms with van der Waals surface area (Å²) in [7, 11) is 0. The summed E-state index contributed by atoms with van der Waals surface area (Å²) in [6.07, 6.45) is 5.94. The molecule has 23 heavy (non-hydrogen) atoms. The quantitative estimate of drug-likeness (QED) is 0.288. The van der Waals surface area contributed by atoms with E-state index in [1.54, 1.807) is 17.9 Å². The van der Waals surface area contributed by atoms with Gasteiger partial charge in [0.25, 0.3) is 0 Å². The molecule has 2 atom stereocenters. The Balaban J connectivity index is 4.29. The van der Waals surface area contributed by atoms with E-state index in [0.717, 1.165) is 32.1 Å². The number of carboxylic acid groups (broad SMARTS) is 1. The molecule has 6 heteroatoms. The molecule has 6 nitrogen and oxygen atoms in total. The van der Waals surface area contributed by atoms with E-state index >= 15 is 0 Å². The van der Waals surface area contributed by atoms with E-state index < -0.39 is 12.0 Å². The van der Waals surface area contributed by atoms with Crippen molar-refractivity contribution in [2.45, 2.75) is 65.0 Å². The van der Waals surface area contributed by atoms with Crippen LogP contribution in [-0.2, 0) is 4.79 Å². The lowest BCUT2D eigenvalue weighted by Crippen LogP contribution is -2.44. The Kier molecular flexibility index (Phi) is 12.7. The van der Waals surface area contributed by atoms with Gasteiger partial charge in [-0.3, -0.25) is 9.69 Å². The molecule has 0 fully saturated rings. The number of nitrogens with zero attached hydrogens (tertiary/aromatic N) is 1. The standard InChI is InChI=1S/C17H34N2O4/c1-4-6-8-15(20)12-18-10-11-19(14(3)17(22)23)13-16(21)9-7-5-2/h9,14-15,18,20-21H,4-8,10-13H2,1-3H3,(H,22,23)/b16-9-. The smallest absolute Gasteiger partial charge is 0.320 e. The Bertz CT molecular complexity index is 347. The minimum atomic E-state index is -0.906. The molecule has 0 heterocycles. The van der Waals surface area contributed by atoms with E-state index in [1.807, 2.05) is 6.92 Å². The largest absolute Gasteiger partial charge is 0.511 e. The third kappa shape index (κ3) is 11.1. The van der Waals surface area contributed by atoms with Crippen LogP contribution < -0.4 is 5.32 Å². The lowest BCUT2D eigenvalue weighted by molar-refractivity contribution is -0.142. The van der Waals surface area contributed by atoms with Crippen molar-refractivity contribution < 1.29 is 20.1 Å². The van der Waals surface area contributed by atoms with Crippen LogP contribution in [0.5, 0.6) is 0 Å². The van der Waals surface area contributed by atoms with E-state index in [2.05, 4.69) is 12.2 Å². The van der Waals surface area contributed by atoms with Crippen molar-refractivity contribution in [1.29, 1.82) is 0 Å². The summed E-state index contributed by atoms with van der Waals surface area (Å²) in [6.45, 7) is 7.53. The highest BCUT2D eigenvalue weighted by molar-refractivity contribution is 5.72. The normalized spacial score (nSPS) is 14.9. The van der Waals surface area contributed by atoms with Crippen molar-refractivity contribution >= 4 is 5.97 Å². The van der Waals surface area contributed by atoms with Crippen molar-refractivity contribution in [3.8, 4) is 0 Å². The first kappa shape index (κ1) is 21.9. The highest BCUT2D eigenvalue weighted by Crippen LogP contribution is 2.05. The van der Waals surface area contributed by atoms with Gasteiger partial charge in [0, 0.05) is 19.6 Å². The zero-order valence-electron chi connectivity index (χ0n) is 14.8. The van der Waals surface area contributed by atoms with Crippen LogP contribution in [0.25, 0.3) is 0 Å². The molecule has 0 amide bonds. The van der Waals surface area contributed by atoms with E-state index in [-0.39, 0.29) is 18.4 Å². The lowest BCUT2D eigenvalue weighted by Gasteiger charge is -2.26. The Labute approximate surface area is 140 Å². The molecule has 0 aliphatic heterocycles. The maximum atomic E-state index is 11.2. The number of hydrogen-bond acceptors (Lipinski definition) is 5. The fourth-order valence-electron chi connectivity index (χ4n) is 2.18. The molecule has 4 N–H and O–H groups in total. The van der Waals surface area contributed by atoms with Crippen molar-refractivity contribution in [3.63, 3.8) is 0 Å². The molecule has 2 unspecified atom stereocenters. The number of unbranched alkanes of at least 4 members (excludes halogenated alkanes) is 2. The monoisotopic (exact) mass is 330 g/mol. The van der Waals surface area contributed by atoms with Gasteiger partial charge in [0.15, 0.2) is 0 Å². The van der Waals surface area contributed by atoms with Crippen LogP contribution in [-0.4, -0.2) is 64.5 Å². The second-order valence-corrected chi connectivity index (χ2v) is 5.97. The second-order valence-electron chi connectivity index (χ2n) is 5.97. The number of aliphatic hydroxyl groups is 2. The van der Waals surface area contributed by atoms with Gasteiger partial charge in [0.05, 0.1) is 12.6 Å². The minimum absolute atomic E-state index is 0.211. The fourth-order valence-corrected chi connectivity index (χ4v) is 2.18. The summed E-state index contributed by atoms with van der Waals surface area (Å²) in [5.74, 6) is -0.695. The molecule has 0 rings (SSSR count).